The lowest BCUT2D eigenvalue weighted by molar-refractivity contribution is -0.114. The first-order valence-corrected chi connectivity index (χ1v) is 11.5. The lowest BCUT2D eigenvalue weighted by Crippen LogP contribution is -2.38. The summed E-state index contributed by atoms with van der Waals surface area (Å²) in [5, 5.41) is 2.77. The van der Waals surface area contributed by atoms with Crippen molar-refractivity contribution >= 4 is 27.3 Å². The highest BCUT2D eigenvalue weighted by molar-refractivity contribution is 7.92. The van der Waals surface area contributed by atoms with Crippen molar-refractivity contribution in [2.24, 2.45) is 0 Å². The molecule has 0 unspecified atom stereocenters. The van der Waals surface area contributed by atoms with Crippen molar-refractivity contribution in [1.29, 1.82) is 0 Å². The van der Waals surface area contributed by atoms with Crippen LogP contribution in [0.3, 0.4) is 0 Å². The molecule has 0 aliphatic rings. The van der Waals surface area contributed by atoms with E-state index in [0.29, 0.717) is 18.0 Å². The average molecular weight is 457 g/mol. The molecule has 1 N–H and O–H groups in total. The average Bonchev–Trinajstić information content (AvgIpc) is 2.76. The molecular formula is C24H25FN2O4S. The van der Waals surface area contributed by atoms with Crippen LogP contribution in [0.2, 0.25) is 0 Å². The Hall–Kier alpha value is -3.39. The van der Waals surface area contributed by atoms with E-state index in [-0.39, 0.29) is 10.6 Å². The highest BCUT2D eigenvalue weighted by atomic mass is 32.2. The number of halogens is 1. The topological polar surface area (TPSA) is 75.7 Å². The smallest absolute Gasteiger partial charge is 0.264 e. The zero-order valence-electron chi connectivity index (χ0n) is 18.1. The van der Waals surface area contributed by atoms with E-state index in [9.17, 15) is 17.6 Å². The van der Waals surface area contributed by atoms with Crippen LogP contribution in [-0.4, -0.2) is 27.5 Å². The van der Waals surface area contributed by atoms with Crippen LogP contribution in [0.25, 0.3) is 0 Å². The van der Waals surface area contributed by atoms with Gasteiger partial charge in [-0.05, 0) is 86.5 Å². The van der Waals surface area contributed by atoms with Gasteiger partial charge in [-0.25, -0.2) is 12.8 Å². The van der Waals surface area contributed by atoms with Crippen LogP contribution in [0, 0.1) is 19.7 Å². The third-order valence-corrected chi connectivity index (χ3v) is 6.58. The lowest BCUT2D eigenvalue weighted by Gasteiger charge is -2.24. The summed E-state index contributed by atoms with van der Waals surface area (Å²) in [6, 6.07) is 16.5. The van der Waals surface area contributed by atoms with Crippen LogP contribution in [0.4, 0.5) is 15.8 Å². The fraction of sp³-hybridized carbons (Fsp3) is 0.208. The van der Waals surface area contributed by atoms with Gasteiger partial charge in [-0.1, -0.05) is 12.1 Å². The van der Waals surface area contributed by atoms with E-state index >= 15 is 0 Å². The highest BCUT2D eigenvalue weighted by Crippen LogP contribution is 2.26. The van der Waals surface area contributed by atoms with Crippen molar-refractivity contribution in [3.8, 4) is 5.75 Å². The molecule has 0 spiro atoms. The maximum absolute atomic E-state index is 13.5. The van der Waals surface area contributed by atoms with Crippen molar-refractivity contribution in [2.45, 2.75) is 25.7 Å². The fourth-order valence-electron chi connectivity index (χ4n) is 3.11. The standard InChI is InChI=1S/C24H25FN2O4S/c1-4-31-21-11-13-22(14-12-21)32(29,30)27(20-9-7-19(25)8-10-20)16-24(28)26-23-15-17(2)5-6-18(23)3/h5-15H,4,16H2,1-3H3,(H,26,28). The molecule has 0 atom stereocenters. The summed E-state index contributed by atoms with van der Waals surface area (Å²) in [7, 11) is -4.11. The van der Waals surface area contributed by atoms with Crippen molar-refractivity contribution in [3.63, 3.8) is 0 Å². The minimum absolute atomic E-state index is 0.00943. The van der Waals surface area contributed by atoms with Gasteiger partial charge in [-0.2, -0.15) is 0 Å². The molecule has 0 heterocycles. The predicted molar refractivity (Wildman–Crippen MR) is 123 cm³/mol. The molecule has 0 aliphatic heterocycles. The number of nitrogens with zero attached hydrogens (tertiary/aromatic N) is 1. The number of hydrogen-bond acceptors (Lipinski definition) is 4. The number of hydrogen-bond donors (Lipinski definition) is 1. The summed E-state index contributed by atoms with van der Waals surface area (Å²) in [5.74, 6) is -0.489. The molecule has 0 saturated heterocycles. The van der Waals surface area contributed by atoms with Crippen LogP contribution in [0.5, 0.6) is 5.75 Å². The number of amides is 1. The van der Waals surface area contributed by atoms with Gasteiger partial charge in [-0.3, -0.25) is 9.10 Å². The Balaban J connectivity index is 1.93. The Bertz CT molecular complexity index is 1190. The van der Waals surface area contributed by atoms with Crippen LogP contribution >= 0.6 is 0 Å². The first-order chi connectivity index (χ1) is 15.2. The molecule has 0 aliphatic carbocycles. The zero-order valence-corrected chi connectivity index (χ0v) is 18.9. The Labute approximate surface area is 187 Å². The second-order valence-electron chi connectivity index (χ2n) is 7.26. The molecule has 0 bridgehead atoms. The molecule has 32 heavy (non-hydrogen) atoms. The number of benzene rings is 3. The normalized spacial score (nSPS) is 11.1. The zero-order chi connectivity index (χ0) is 23.3. The molecule has 1 amide bonds. The van der Waals surface area contributed by atoms with Gasteiger partial charge in [0.15, 0.2) is 0 Å². The van der Waals surface area contributed by atoms with Crippen molar-refractivity contribution < 1.29 is 22.3 Å². The largest absolute Gasteiger partial charge is 0.494 e. The molecule has 3 aromatic rings. The first kappa shape index (κ1) is 23.3. The van der Waals surface area contributed by atoms with Gasteiger partial charge in [0.05, 0.1) is 17.2 Å². The number of carbonyl (C=O) groups excluding carboxylic acids is 1. The van der Waals surface area contributed by atoms with Gasteiger partial charge in [0.2, 0.25) is 5.91 Å². The molecule has 3 rings (SSSR count). The van der Waals surface area contributed by atoms with E-state index in [1.165, 1.54) is 24.3 Å². The Morgan fingerprint density at radius 2 is 1.66 bits per heavy atom. The van der Waals surface area contributed by atoms with Gasteiger partial charge in [0, 0.05) is 5.69 Å². The molecule has 6 nitrogen and oxygen atoms in total. The Morgan fingerprint density at radius 3 is 2.28 bits per heavy atom. The summed E-state index contributed by atoms with van der Waals surface area (Å²) in [5.41, 5.74) is 2.60. The lowest BCUT2D eigenvalue weighted by atomic mass is 10.1. The number of nitrogens with one attached hydrogen (secondary N) is 1. The fourth-order valence-corrected chi connectivity index (χ4v) is 4.54. The maximum Gasteiger partial charge on any atom is 0.264 e. The third kappa shape index (κ3) is 5.45. The van der Waals surface area contributed by atoms with Gasteiger partial charge in [0.25, 0.3) is 10.0 Å². The predicted octanol–water partition coefficient (Wildman–Crippen LogP) is 4.68. The summed E-state index contributed by atoms with van der Waals surface area (Å²) in [6.07, 6.45) is 0. The van der Waals surface area contributed by atoms with Crippen LogP contribution in [0.15, 0.2) is 71.6 Å². The van der Waals surface area contributed by atoms with Gasteiger partial charge in [-0.15, -0.1) is 0 Å². The molecule has 0 saturated carbocycles. The molecular weight excluding hydrogens is 431 g/mol. The molecule has 0 fully saturated rings. The van der Waals surface area contributed by atoms with Crippen molar-refractivity contribution in [3.05, 3.63) is 83.7 Å². The molecule has 168 valence electrons. The summed E-state index contributed by atoms with van der Waals surface area (Å²) >= 11 is 0. The molecule has 0 radical (unpaired) electrons. The van der Waals surface area contributed by atoms with Gasteiger partial charge >= 0.3 is 0 Å². The van der Waals surface area contributed by atoms with Gasteiger partial charge in [0.1, 0.15) is 18.1 Å². The Morgan fingerprint density at radius 1 is 1.00 bits per heavy atom. The van der Waals surface area contributed by atoms with E-state index in [0.717, 1.165) is 27.6 Å². The first-order valence-electron chi connectivity index (χ1n) is 10.1. The van der Waals surface area contributed by atoms with E-state index in [1.807, 2.05) is 39.0 Å². The number of sulfonamides is 1. The summed E-state index contributed by atoms with van der Waals surface area (Å²) < 4.78 is 46.6. The number of aryl methyl sites for hydroxylation is 2. The minimum atomic E-state index is -4.11. The third-order valence-electron chi connectivity index (χ3n) is 4.79. The van der Waals surface area contributed by atoms with Crippen LogP contribution in [-0.2, 0) is 14.8 Å². The van der Waals surface area contributed by atoms with E-state index < -0.39 is 28.3 Å². The Kier molecular flexibility index (Phi) is 7.15. The van der Waals surface area contributed by atoms with Gasteiger partial charge < -0.3 is 10.1 Å². The molecule has 3 aromatic carbocycles. The van der Waals surface area contributed by atoms with E-state index in [2.05, 4.69) is 5.32 Å². The maximum atomic E-state index is 13.5. The van der Waals surface area contributed by atoms with Crippen molar-refractivity contribution in [2.75, 3.05) is 22.8 Å². The van der Waals surface area contributed by atoms with Crippen LogP contribution in [0.1, 0.15) is 18.1 Å². The monoisotopic (exact) mass is 456 g/mol. The molecule has 8 heteroatoms. The molecule has 0 aromatic heterocycles. The quantitative estimate of drug-likeness (QED) is 0.534. The SMILES string of the molecule is CCOc1ccc(S(=O)(=O)N(CC(=O)Nc2cc(C)ccc2C)c2ccc(F)cc2)cc1. The second-order valence-corrected chi connectivity index (χ2v) is 9.12. The van der Waals surface area contributed by atoms with Crippen LogP contribution < -0.4 is 14.4 Å². The summed E-state index contributed by atoms with van der Waals surface area (Å²) in [4.78, 5) is 12.8. The van der Waals surface area contributed by atoms with E-state index in [1.54, 1.807) is 12.1 Å². The number of ether oxygens (including phenoxy) is 1. The minimum Gasteiger partial charge on any atom is -0.494 e. The number of anilines is 2. The number of rotatable bonds is 8. The van der Waals surface area contributed by atoms with E-state index in [4.69, 9.17) is 4.74 Å². The summed E-state index contributed by atoms with van der Waals surface area (Å²) in [6.45, 7) is 5.55. The highest BCUT2D eigenvalue weighted by Gasteiger charge is 2.27. The van der Waals surface area contributed by atoms with Crippen molar-refractivity contribution in [1.82, 2.24) is 0 Å². The number of carbonyl (C=O) groups is 1. The second kappa shape index (κ2) is 9.82.